The van der Waals surface area contributed by atoms with Crippen molar-refractivity contribution in [3.8, 4) is 0 Å². The van der Waals surface area contributed by atoms with E-state index in [0.717, 1.165) is 23.5 Å². The minimum absolute atomic E-state index is 0.405. The molecule has 1 N–H and O–H groups in total. The predicted octanol–water partition coefficient (Wildman–Crippen LogP) is 4.68. The van der Waals surface area contributed by atoms with Gasteiger partial charge in [-0.05, 0) is 39.5 Å². The third kappa shape index (κ3) is 4.36. The number of hydrogen-bond acceptors (Lipinski definition) is 3. The van der Waals surface area contributed by atoms with Crippen LogP contribution in [-0.4, -0.2) is 16.9 Å². The van der Waals surface area contributed by atoms with Crippen molar-refractivity contribution in [2.75, 3.05) is 0 Å². The summed E-state index contributed by atoms with van der Waals surface area (Å²) in [5.74, 6) is 0.513. The van der Waals surface area contributed by atoms with Crippen LogP contribution in [0.25, 0.3) is 0 Å². The van der Waals surface area contributed by atoms with E-state index in [4.69, 9.17) is 0 Å². The van der Waals surface area contributed by atoms with Crippen molar-refractivity contribution in [1.29, 1.82) is 0 Å². The molecular formula is C16H25NOS. The molecule has 3 heteroatoms. The van der Waals surface area contributed by atoms with Gasteiger partial charge in [0.15, 0.2) is 0 Å². The second-order valence-corrected chi connectivity index (χ2v) is 6.01. The van der Waals surface area contributed by atoms with Crippen LogP contribution in [0.4, 0.5) is 0 Å². The Kier molecular flexibility index (Phi) is 6.59. The molecule has 0 bridgehead atoms. The minimum atomic E-state index is -0.405. The van der Waals surface area contributed by atoms with Gasteiger partial charge >= 0.3 is 0 Å². The van der Waals surface area contributed by atoms with Gasteiger partial charge in [-0.1, -0.05) is 43.3 Å². The Morgan fingerprint density at radius 3 is 2.84 bits per heavy atom. The van der Waals surface area contributed by atoms with Crippen LogP contribution in [0.2, 0.25) is 0 Å². The number of aliphatic imine (C=N–C) groups is 1. The molecule has 1 aliphatic heterocycles. The number of aliphatic hydroxyl groups excluding tert-OH is 1. The summed E-state index contributed by atoms with van der Waals surface area (Å²) in [7, 11) is 0. The Labute approximate surface area is 121 Å². The van der Waals surface area contributed by atoms with Crippen molar-refractivity contribution in [1.82, 2.24) is 0 Å². The van der Waals surface area contributed by atoms with Gasteiger partial charge in [-0.3, -0.25) is 4.99 Å². The fourth-order valence-electron chi connectivity index (χ4n) is 2.20. The van der Waals surface area contributed by atoms with Gasteiger partial charge < -0.3 is 5.11 Å². The number of aliphatic hydroxyl groups is 1. The Hall–Kier alpha value is -0.800. The lowest BCUT2D eigenvalue weighted by Gasteiger charge is -2.17. The molecule has 2 atom stereocenters. The fourth-order valence-corrected chi connectivity index (χ4v) is 3.46. The molecule has 1 rings (SSSR count). The van der Waals surface area contributed by atoms with Crippen molar-refractivity contribution in [2.24, 2.45) is 10.9 Å². The quantitative estimate of drug-likeness (QED) is 0.758. The number of rotatable bonds is 4. The molecule has 19 heavy (non-hydrogen) atoms. The number of allylic oxidation sites excluding steroid dienone is 4. The van der Waals surface area contributed by atoms with Gasteiger partial charge in [-0.15, -0.1) is 0 Å². The van der Waals surface area contributed by atoms with E-state index in [1.165, 1.54) is 10.5 Å². The Bertz CT molecular complexity index is 430. The van der Waals surface area contributed by atoms with E-state index >= 15 is 0 Å². The van der Waals surface area contributed by atoms with Crippen molar-refractivity contribution >= 4 is 17.5 Å². The van der Waals surface area contributed by atoms with Crippen LogP contribution >= 0.6 is 11.8 Å². The topological polar surface area (TPSA) is 32.6 Å². The summed E-state index contributed by atoms with van der Waals surface area (Å²) in [5.41, 5.74) is 2.49. The van der Waals surface area contributed by atoms with Gasteiger partial charge in [0.2, 0.25) is 0 Å². The summed E-state index contributed by atoms with van der Waals surface area (Å²) >= 11 is 1.68. The van der Waals surface area contributed by atoms with Crippen LogP contribution in [0.15, 0.2) is 38.7 Å². The number of thioether (sulfide) groups is 1. The Balaban J connectivity index is 3.20. The van der Waals surface area contributed by atoms with E-state index in [9.17, 15) is 5.11 Å². The molecule has 0 saturated carbocycles. The van der Waals surface area contributed by atoms with E-state index in [1.54, 1.807) is 11.8 Å². The third-order valence-corrected chi connectivity index (χ3v) is 4.82. The van der Waals surface area contributed by atoms with Crippen LogP contribution in [-0.2, 0) is 0 Å². The van der Waals surface area contributed by atoms with Crippen molar-refractivity contribution in [2.45, 2.75) is 53.6 Å². The maximum atomic E-state index is 9.86. The SMILES string of the molecule is C/C=C\N=C(C)C1=C(CC)C(C)CC=C([C@@H](C)O)S1. The molecule has 0 saturated heterocycles. The smallest absolute Gasteiger partial charge is 0.0820 e. The van der Waals surface area contributed by atoms with Crippen molar-refractivity contribution in [3.63, 3.8) is 0 Å². The maximum Gasteiger partial charge on any atom is 0.0820 e. The van der Waals surface area contributed by atoms with Gasteiger partial charge in [0.05, 0.1) is 11.8 Å². The fraction of sp³-hybridized carbons (Fsp3) is 0.562. The molecule has 0 spiro atoms. The first kappa shape index (κ1) is 16.3. The highest BCUT2D eigenvalue weighted by atomic mass is 32.2. The van der Waals surface area contributed by atoms with E-state index in [0.29, 0.717) is 5.92 Å². The van der Waals surface area contributed by atoms with E-state index in [1.807, 2.05) is 26.1 Å². The van der Waals surface area contributed by atoms with Crippen molar-refractivity contribution < 1.29 is 5.11 Å². The molecule has 1 aliphatic rings. The average Bonchev–Trinajstić information content (AvgIpc) is 2.55. The largest absolute Gasteiger partial charge is 0.388 e. The minimum Gasteiger partial charge on any atom is -0.388 e. The highest BCUT2D eigenvalue weighted by Gasteiger charge is 2.21. The van der Waals surface area contributed by atoms with Gasteiger partial charge in [0.1, 0.15) is 0 Å². The van der Waals surface area contributed by atoms with Crippen LogP contribution in [0, 0.1) is 5.92 Å². The Morgan fingerprint density at radius 2 is 2.32 bits per heavy atom. The first-order valence-corrected chi connectivity index (χ1v) is 7.77. The standard InChI is InChI=1S/C16H25NOS/c1-6-10-17-12(4)16-14(7-2)11(3)8-9-15(19-16)13(5)18/h6,9-11,13,18H,7-8H2,1-5H3/b10-6-,17-12?/t11?,13-/m1/s1. The molecule has 2 nitrogen and oxygen atoms in total. The molecule has 106 valence electrons. The molecule has 1 heterocycles. The maximum absolute atomic E-state index is 9.86. The zero-order valence-electron chi connectivity index (χ0n) is 12.6. The van der Waals surface area contributed by atoms with Crippen LogP contribution < -0.4 is 0 Å². The van der Waals surface area contributed by atoms with Crippen LogP contribution in [0.1, 0.15) is 47.5 Å². The summed E-state index contributed by atoms with van der Waals surface area (Å²) in [6.07, 6.45) is 7.57. The van der Waals surface area contributed by atoms with E-state index in [-0.39, 0.29) is 0 Å². The Morgan fingerprint density at radius 1 is 1.63 bits per heavy atom. The molecule has 1 unspecified atom stereocenters. The predicted molar refractivity (Wildman–Crippen MR) is 86.4 cm³/mol. The zero-order valence-corrected chi connectivity index (χ0v) is 13.4. The lowest BCUT2D eigenvalue weighted by molar-refractivity contribution is 0.240. The normalized spacial score (nSPS) is 23.6. The van der Waals surface area contributed by atoms with Gasteiger partial charge in [0, 0.05) is 16.0 Å². The summed E-state index contributed by atoms with van der Waals surface area (Å²) in [6.45, 7) is 10.3. The third-order valence-electron chi connectivity index (χ3n) is 3.32. The molecular weight excluding hydrogens is 254 g/mol. The van der Waals surface area contributed by atoms with Gasteiger partial charge in [-0.25, -0.2) is 0 Å². The molecule has 0 aromatic rings. The summed E-state index contributed by atoms with van der Waals surface area (Å²) in [4.78, 5) is 6.76. The monoisotopic (exact) mass is 279 g/mol. The lowest BCUT2D eigenvalue weighted by atomic mass is 9.94. The lowest BCUT2D eigenvalue weighted by Crippen LogP contribution is -2.05. The van der Waals surface area contributed by atoms with E-state index in [2.05, 4.69) is 31.8 Å². The van der Waals surface area contributed by atoms with E-state index < -0.39 is 6.10 Å². The highest BCUT2D eigenvalue weighted by Crippen LogP contribution is 2.39. The first-order chi connectivity index (χ1) is 9.01. The average molecular weight is 279 g/mol. The van der Waals surface area contributed by atoms with Crippen molar-refractivity contribution in [3.05, 3.63) is 33.7 Å². The van der Waals surface area contributed by atoms with Gasteiger partial charge in [0.25, 0.3) is 0 Å². The first-order valence-electron chi connectivity index (χ1n) is 6.96. The second-order valence-electron chi connectivity index (χ2n) is 4.93. The van der Waals surface area contributed by atoms with Gasteiger partial charge in [-0.2, -0.15) is 0 Å². The molecule has 0 aromatic carbocycles. The molecule has 0 aromatic heterocycles. The molecule has 0 radical (unpaired) electrons. The number of hydrogen-bond donors (Lipinski definition) is 1. The van der Waals surface area contributed by atoms with Crippen LogP contribution in [0.3, 0.4) is 0 Å². The van der Waals surface area contributed by atoms with Crippen LogP contribution in [0.5, 0.6) is 0 Å². The molecule has 0 aliphatic carbocycles. The summed E-state index contributed by atoms with van der Waals surface area (Å²) in [6, 6.07) is 0. The molecule has 0 amide bonds. The summed E-state index contributed by atoms with van der Waals surface area (Å²) in [5, 5.41) is 9.86. The summed E-state index contributed by atoms with van der Waals surface area (Å²) < 4.78 is 0. The number of nitrogens with zero attached hydrogens (tertiary/aromatic N) is 1. The highest BCUT2D eigenvalue weighted by molar-refractivity contribution is 8.07. The second kappa shape index (κ2) is 7.71. The molecule has 0 fully saturated rings. The zero-order chi connectivity index (χ0) is 14.4.